The molecule has 0 bridgehead atoms. The molecule has 0 fully saturated rings. The summed E-state index contributed by atoms with van der Waals surface area (Å²) in [4.78, 5) is 8.67. The number of aromatic nitrogens is 2. The van der Waals surface area contributed by atoms with Crippen molar-refractivity contribution in [1.29, 1.82) is 0 Å². The van der Waals surface area contributed by atoms with Crippen molar-refractivity contribution in [3.63, 3.8) is 0 Å². The Morgan fingerprint density at radius 3 is 2.38 bits per heavy atom. The van der Waals surface area contributed by atoms with E-state index in [2.05, 4.69) is 72.1 Å². The molecular formula is C32H28IrN2SSi-2. The van der Waals surface area contributed by atoms with Crippen molar-refractivity contribution in [1.82, 2.24) is 9.97 Å². The van der Waals surface area contributed by atoms with Crippen LogP contribution in [0.5, 0.6) is 0 Å². The molecule has 0 aliphatic carbocycles. The molecule has 187 valence electrons. The van der Waals surface area contributed by atoms with Crippen LogP contribution in [0.1, 0.15) is 9.68 Å². The first kappa shape index (κ1) is 23.2. The molecule has 0 amide bonds. The molecule has 0 unspecified atom stereocenters. The van der Waals surface area contributed by atoms with Gasteiger partial charge in [-0.2, -0.15) is 11.3 Å². The van der Waals surface area contributed by atoms with Crippen LogP contribution in [0.3, 0.4) is 0 Å². The van der Waals surface area contributed by atoms with Gasteiger partial charge in [0.25, 0.3) is 0 Å². The van der Waals surface area contributed by atoms with Crippen molar-refractivity contribution in [2.45, 2.75) is 26.5 Å². The van der Waals surface area contributed by atoms with Gasteiger partial charge in [0.1, 0.15) is 0 Å². The van der Waals surface area contributed by atoms with Crippen molar-refractivity contribution in [2.75, 3.05) is 0 Å². The fourth-order valence-electron chi connectivity index (χ4n) is 4.25. The van der Waals surface area contributed by atoms with Crippen molar-refractivity contribution in [3.8, 4) is 22.5 Å². The number of pyridine rings is 2. The van der Waals surface area contributed by atoms with Crippen molar-refractivity contribution in [3.05, 3.63) is 115 Å². The number of nitrogens with zero attached hydrogens (tertiary/aromatic N) is 2. The van der Waals surface area contributed by atoms with E-state index in [1.165, 1.54) is 32.4 Å². The van der Waals surface area contributed by atoms with E-state index in [1.54, 1.807) is 17.3 Å². The van der Waals surface area contributed by atoms with Gasteiger partial charge in [-0.15, -0.1) is 59.7 Å². The summed E-state index contributed by atoms with van der Waals surface area (Å²) in [5.74, 6) is 0. The minimum Gasteiger partial charge on any atom is -0.305 e. The smallest absolute Gasteiger partial charge is 0.0783 e. The Kier molecular flexibility index (Phi) is 7.28. The van der Waals surface area contributed by atoms with Crippen molar-refractivity contribution in [2.24, 2.45) is 0 Å². The first-order chi connectivity index (χ1) is 18.6. The van der Waals surface area contributed by atoms with Gasteiger partial charge in [-0.3, -0.25) is 0 Å². The summed E-state index contributed by atoms with van der Waals surface area (Å²) < 4.78 is 24.7. The zero-order valence-corrected chi connectivity index (χ0v) is 25.1. The quantitative estimate of drug-likeness (QED) is 0.138. The second-order valence-corrected chi connectivity index (χ2v) is 15.6. The van der Waals surface area contributed by atoms with Crippen molar-refractivity contribution < 1.29 is 24.2 Å². The third-order valence-corrected chi connectivity index (χ3v) is 9.15. The fraction of sp³-hybridized carbons (Fsp3) is 0.125. The van der Waals surface area contributed by atoms with Crippen LogP contribution in [-0.4, -0.2) is 18.0 Å². The molecule has 0 saturated heterocycles. The second kappa shape index (κ2) is 11.6. The Morgan fingerprint density at radius 1 is 0.811 bits per heavy atom. The summed E-state index contributed by atoms with van der Waals surface area (Å²) in [6.45, 7) is 5.16. The van der Waals surface area contributed by atoms with Crippen LogP contribution in [0.4, 0.5) is 0 Å². The molecule has 6 aromatic rings. The Hall–Kier alpha value is -2.95. The molecule has 3 heterocycles. The van der Waals surface area contributed by atoms with Gasteiger partial charge in [-0.1, -0.05) is 66.1 Å². The molecule has 2 nitrogen and oxygen atoms in total. The van der Waals surface area contributed by atoms with Gasteiger partial charge in [-0.05, 0) is 46.5 Å². The number of rotatable bonds is 3. The van der Waals surface area contributed by atoms with Gasteiger partial charge >= 0.3 is 0 Å². The largest absolute Gasteiger partial charge is 0.305 e. The van der Waals surface area contributed by atoms with E-state index in [-0.39, 0.29) is 20.1 Å². The van der Waals surface area contributed by atoms with E-state index in [4.69, 9.17) is 4.11 Å². The number of thiophene rings is 1. The van der Waals surface area contributed by atoms with Crippen LogP contribution < -0.4 is 5.19 Å². The predicted octanol–water partition coefficient (Wildman–Crippen LogP) is 8.32. The molecule has 3 aromatic heterocycles. The summed E-state index contributed by atoms with van der Waals surface area (Å²) in [7, 11) is -1.39. The summed E-state index contributed by atoms with van der Waals surface area (Å²) in [6, 6.07) is 34.0. The summed E-state index contributed by atoms with van der Waals surface area (Å²) in [6.07, 6.45) is 3.36. The average Bonchev–Trinajstić information content (AvgIpc) is 3.32. The van der Waals surface area contributed by atoms with Crippen molar-refractivity contribution >= 4 is 44.8 Å². The van der Waals surface area contributed by atoms with Crippen LogP contribution >= 0.6 is 11.3 Å². The maximum atomic E-state index is 7.33. The second-order valence-electron chi connectivity index (χ2n) is 9.55. The number of hydrogen-bond acceptors (Lipinski definition) is 3. The third-order valence-electron chi connectivity index (χ3n) is 5.93. The molecule has 0 aliphatic heterocycles. The summed E-state index contributed by atoms with van der Waals surface area (Å²) in [5, 5.41) is 4.33. The van der Waals surface area contributed by atoms with Gasteiger partial charge < -0.3 is 9.97 Å². The Bertz CT molecular complexity index is 1730. The number of benzene rings is 3. The zero-order chi connectivity index (χ0) is 27.6. The first-order valence-electron chi connectivity index (χ1n) is 13.3. The number of hydrogen-bond donors (Lipinski definition) is 0. The van der Waals surface area contributed by atoms with Crippen LogP contribution in [0.15, 0.2) is 97.3 Å². The molecule has 0 saturated carbocycles. The molecule has 6 rings (SSSR count). The summed E-state index contributed by atoms with van der Waals surface area (Å²) >= 11 is 1.86. The van der Waals surface area contributed by atoms with E-state index < -0.39 is 14.9 Å². The molecule has 37 heavy (non-hydrogen) atoms. The average molecular weight is 696 g/mol. The van der Waals surface area contributed by atoms with E-state index in [0.717, 1.165) is 16.8 Å². The van der Waals surface area contributed by atoms with Crippen LogP contribution in [0.25, 0.3) is 42.7 Å². The standard InChI is InChI=1S/C20H18NSSi.C12H10N.Ir/c1-23(2,3)18-12-7-11-17-19(18)15-9-6-8-14(20(15)22-17)16-10-4-5-13-21-16;1-10-7-8-13-12(9-10)11-5-3-2-4-6-11;/h4-7,9-13H,1-3H3;2-5,7-9H,1H3;/q2*-1;/i;1D3;. The molecular weight excluding hydrogens is 665 g/mol. The van der Waals surface area contributed by atoms with Gasteiger partial charge in [0.2, 0.25) is 0 Å². The monoisotopic (exact) mass is 696 g/mol. The summed E-state index contributed by atoms with van der Waals surface area (Å²) in [5.41, 5.74) is 3.85. The van der Waals surface area contributed by atoms with Gasteiger partial charge in [0.15, 0.2) is 0 Å². The van der Waals surface area contributed by atoms with Crippen LogP contribution in [0, 0.1) is 19.0 Å². The van der Waals surface area contributed by atoms with E-state index in [1.807, 2.05) is 53.9 Å². The fourth-order valence-corrected chi connectivity index (χ4v) is 7.19. The SMILES string of the molecule is C[Si](C)(C)c1cccc2sc3c(-c4ccccn4)[c-]ccc3c12.[2H]C([2H])([2H])c1ccnc(-c2[c-]cccc2)c1.[Ir]. The molecule has 5 heteroatoms. The molecule has 3 aromatic carbocycles. The minimum atomic E-state index is -2.09. The Balaban J connectivity index is 0.000000192. The van der Waals surface area contributed by atoms with E-state index in [9.17, 15) is 0 Å². The van der Waals surface area contributed by atoms with Gasteiger partial charge in [0, 0.05) is 41.3 Å². The van der Waals surface area contributed by atoms with Crippen LogP contribution in [-0.2, 0) is 20.1 Å². The molecule has 0 aliphatic rings. The minimum absolute atomic E-state index is 0. The molecule has 0 atom stereocenters. The van der Waals surface area contributed by atoms with Crippen LogP contribution in [0.2, 0.25) is 19.6 Å². The first-order valence-corrected chi connectivity index (χ1v) is 16.2. The van der Waals surface area contributed by atoms with E-state index in [0.29, 0.717) is 11.3 Å². The maximum absolute atomic E-state index is 7.33. The molecule has 1 radical (unpaired) electrons. The van der Waals surface area contributed by atoms with Gasteiger partial charge in [0.05, 0.1) is 8.07 Å². The Labute approximate surface area is 242 Å². The third kappa shape index (κ3) is 5.97. The normalized spacial score (nSPS) is 12.6. The number of aryl methyl sites for hydroxylation is 1. The maximum Gasteiger partial charge on any atom is 0.0783 e. The zero-order valence-electron chi connectivity index (χ0n) is 23.9. The van der Waals surface area contributed by atoms with E-state index >= 15 is 0 Å². The number of fused-ring (bicyclic) bond motifs is 3. The van der Waals surface area contributed by atoms with Gasteiger partial charge in [-0.25, -0.2) is 0 Å². The predicted molar refractivity (Wildman–Crippen MR) is 158 cm³/mol. The Morgan fingerprint density at radius 2 is 1.65 bits per heavy atom. The topological polar surface area (TPSA) is 25.8 Å². The molecule has 0 spiro atoms. The molecule has 0 N–H and O–H groups in total.